The molecule has 1 atom stereocenters. The SMILES string of the molecule is CC(OC(=O)Nc1c(-c2cc3sc(-c4ccc(-c5nnc(C6(C(=O)O)CC6)s5)cc4)cc3s2)nnn1C)c1ccccc1. The molecule has 1 amide bonds. The molecular weight excluding hydrogens is 605 g/mol. The standard InChI is InChI=1S/C30H24N6O4S3/c1-16(17-6-4-3-5-7-17)40-29(39)31-25-24(32-35-36(25)2)23-15-22-21(42-23)14-20(41-22)18-8-10-19(11-9-18)26-33-34-27(43-26)30(12-13-30)28(37)38/h3-11,14-16H,12-13H2,1-2H3,(H,31,39)(H,37,38). The Morgan fingerprint density at radius 2 is 1.60 bits per heavy atom. The number of amides is 1. The minimum atomic E-state index is -0.843. The van der Waals surface area contributed by atoms with E-state index in [1.807, 2.05) is 61.5 Å². The number of fused-ring (bicyclic) bond motifs is 1. The molecule has 0 saturated heterocycles. The van der Waals surface area contributed by atoms with Crippen molar-refractivity contribution in [2.45, 2.75) is 31.3 Å². The molecule has 216 valence electrons. The van der Waals surface area contributed by atoms with Crippen LogP contribution >= 0.6 is 34.0 Å². The molecule has 10 nitrogen and oxygen atoms in total. The third-order valence-electron chi connectivity index (χ3n) is 7.45. The van der Waals surface area contributed by atoms with Crippen LogP contribution in [0.4, 0.5) is 10.6 Å². The number of carbonyl (C=O) groups is 2. The molecule has 1 saturated carbocycles. The van der Waals surface area contributed by atoms with E-state index in [9.17, 15) is 14.7 Å². The van der Waals surface area contributed by atoms with E-state index in [1.165, 1.54) is 16.0 Å². The van der Waals surface area contributed by atoms with Crippen LogP contribution in [0.15, 0.2) is 66.7 Å². The highest BCUT2D eigenvalue weighted by molar-refractivity contribution is 7.31. The number of carboxylic acids is 1. The van der Waals surface area contributed by atoms with Gasteiger partial charge in [0.15, 0.2) is 5.82 Å². The zero-order chi connectivity index (χ0) is 29.7. The first-order chi connectivity index (χ1) is 20.8. The quantitative estimate of drug-likeness (QED) is 0.179. The van der Waals surface area contributed by atoms with Crippen LogP contribution in [0.1, 0.15) is 36.4 Å². The second kappa shape index (κ2) is 10.7. The van der Waals surface area contributed by atoms with Crippen molar-refractivity contribution < 1.29 is 19.4 Å². The molecule has 2 N–H and O–H groups in total. The topological polar surface area (TPSA) is 132 Å². The number of rotatable bonds is 8. The van der Waals surface area contributed by atoms with Gasteiger partial charge in [0.1, 0.15) is 27.2 Å². The monoisotopic (exact) mass is 628 g/mol. The van der Waals surface area contributed by atoms with Gasteiger partial charge in [-0.05, 0) is 43.0 Å². The van der Waals surface area contributed by atoms with E-state index in [-0.39, 0.29) is 0 Å². The van der Waals surface area contributed by atoms with Crippen LogP contribution in [0, 0.1) is 0 Å². The van der Waals surface area contributed by atoms with Gasteiger partial charge >= 0.3 is 12.1 Å². The van der Waals surface area contributed by atoms with E-state index in [0.717, 1.165) is 40.9 Å². The molecular formula is C30H24N6O4S3. The van der Waals surface area contributed by atoms with Crippen LogP contribution in [-0.2, 0) is 22.0 Å². The Kier molecular flexibility index (Phi) is 6.79. The molecule has 0 aliphatic heterocycles. The first kappa shape index (κ1) is 27.4. The summed E-state index contributed by atoms with van der Waals surface area (Å²) in [5.74, 6) is -0.361. The Hall–Kier alpha value is -4.46. The highest BCUT2D eigenvalue weighted by Gasteiger charge is 2.54. The van der Waals surface area contributed by atoms with Crippen molar-refractivity contribution in [2.24, 2.45) is 7.05 Å². The maximum atomic E-state index is 12.7. The number of thiophene rings is 2. The highest BCUT2D eigenvalue weighted by atomic mass is 32.1. The molecule has 4 heterocycles. The summed E-state index contributed by atoms with van der Waals surface area (Å²) in [6.45, 7) is 1.83. The molecule has 7 rings (SSSR count). The first-order valence-electron chi connectivity index (χ1n) is 13.4. The summed E-state index contributed by atoms with van der Waals surface area (Å²) in [6, 6.07) is 21.8. The number of benzene rings is 2. The maximum absolute atomic E-state index is 12.7. The van der Waals surface area contributed by atoms with Crippen LogP contribution < -0.4 is 5.32 Å². The van der Waals surface area contributed by atoms with Gasteiger partial charge in [-0.25, -0.2) is 9.48 Å². The van der Waals surface area contributed by atoms with Gasteiger partial charge in [0.05, 0.1) is 4.88 Å². The Bertz CT molecular complexity index is 1940. The molecule has 1 aliphatic carbocycles. The number of hydrogen-bond donors (Lipinski definition) is 2. The summed E-state index contributed by atoms with van der Waals surface area (Å²) in [4.78, 5) is 26.4. The smallest absolute Gasteiger partial charge is 0.413 e. The summed E-state index contributed by atoms with van der Waals surface area (Å²) >= 11 is 4.61. The van der Waals surface area contributed by atoms with Gasteiger partial charge in [-0.2, -0.15) is 0 Å². The Morgan fingerprint density at radius 1 is 0.930 bits per heavy atom. The van der Waals surface area contributed by atoms with Gasteiger partial charge in [-0.3, -0.25) is 10.1 Å². The van der Waals surface area contributed by atoms with Crippen molar-refractivity contribution in [1.82, 2.24) is 25.2 Å². The summed E-state index contributed by atoms with van der Waals surface area (Å²) in [7, 11) is 1.73. The van der Waals surface area contributed by atoms with Crippen LogP contribution in [0.2, 0.25) is 0 Å². The van der Waals surface area contributed by atoms with Gasteiger partial charge < -0.3 is 9.84 Å². The van der Waals surface area contributed by atoms with Crippen LogP contribution in [0.5, 0.6) is 0 Å². The molecule has 0 bridgehead atoms. The lowest BCUT2D eigenvalue weighted by Gasteiger charge is -2.14. The van der Waals surface area contributed by atoms with Gasteiger partial charge in [-0.1, -0.05) is 71.1 Å². The summed E-state index contributed by atoms with van der Waals surface area (Å²) < 4.78 is 9.32. The van der Waals surface area contributed by atoms with Crippen molar-refractivity contribution in [2.75, 3.05) is 5.32 Å². The van der Waals surface area contributed by atoms with E-state index in [0.29, 0.717) is 29.4 Å². The minimum absolute atomic E-state index is 0.409. The number of carbonyl (C=O) groups excluding carboxylic acids is 1. The molecule has 2 aromatic carbocycles. The zero-order valence-electron chi connectivity index (χ0n) is 23.0. The van der Waals surface area contributed by atoms with Crippen molar-refractivity contribution >= 4 is 61.3 Å². The minimum Gasteiger partial charge on any atom is -0.481 e. The molecule has 4 aromatic heterocycles. The number of nitrogens with one attached hydrogen (secondary N) is 1. The average Bonchev–Trinajstić information content (AvgIpc) is 3.30. The van der Waals surface area contributed by atoms with E-state index >= 15 is 0 Å². The second-order valence-corrected chi connectivity index (χ2v) is 13.5. The molecule has 1 aliphatic rings. The fourth-order valence-electron chi connectivity index (χ4n) is 4.79. The Morgan fingerprint density at radius 3 is 2.30 bits per heavy atom. The zero-order valence-corrected chi connectivity index (χ0v) is 25.4. The lowest BCUT2D eigenvalue weighted by molar-refractivity contribution is -0.140. The maximum Gasteiger partial charge on any atom is 0.413 e. The van der Waals surface area contributed by atoms with Crippen molar-refractivity contribution in [1.29, 1.82) is 0 Å². The highest BCUT2D eigenvalue weighted by Crippen LogP contribution is 2.50. The van der Waals surface area contributed by atoms with E-state index in [1.54, 1.807) is 29.7 Å². The summed E-state index contributed by atoms with van der Waals surface area (Å²) in [5, 5.41) is 30.6. The second-order valence-electron chi connectivity index (χ2n) is 10.3. The van der Waals surface area contributed by atoms with Crippen molar-refractivity contribution in [3.05, 3.63) is 77.3 Å². The lowest BCUT2D eigenvalue weighted by atomic mass is 10.1. The van der Waals surface area contributed by atoms with Gasteiger partial charge in [0.25, 0.3) is 0 Å². The van der Waals surface area contributed by atoms with Gasteiger partial charge in [0.2, 0.25) is 0 Å². The van der Waals surface area contributed by atoms with Crippen LogP contribution in [0.3, 0.4) is 0 Å². The number of hydrogen-bond acceptors (Lipinski definition) is 10. The largest absolute Gasteiger partial charge is 0.481 e. The molecule has 0 radical (unpaired) electrons. The van der Waals surface area contributed by atoms with E-state index in [2.05, 4.69) is 38.0 Å². The van der Waals surface area contributed by atoms with Gasteiger partial charge in [0, 0.05) is 26.9 Å². The normalized spacial score (nSPS) is 14.5. The number of aromatic nitrogens is 5. The van der Waals surface area contributed by atoms with Crippen LogP contribution in [0.25, 0.3) is 41.0 Å². The predicted octanol–water partition coefficient (Wildman–Crippen LogP) is 7.37. The summed E-state index contributed by atoms with van der Waals surface area (Å²) in [6.07, 6.45) is 0.240. The lowest BCUT2D eigenvalue weighted by Crippen LogP contribution is -2.19. The van der Waals surface area contributed by atoms with E-state index < -0.39 is 23.6 Å². The molecule has 13 heteroatoms. The third-order valence-corrected chi connectivity index (χ3v) is 11.0. The molecule has 43 heavy (non-hydrogen) atoms. The van der Waals surface area contributed by atoms with Crippen molar-refractivity contribution in [3.63, 3.8) is 0 Å². The van der Waals surface area contributed by atoms with E-state index in [4.69, 9.17) is 4.74 Å². The number of aliphatic carboxylic acids is 1. The number of aryl methyl sites for hydroxylation is 1. The predicted molar refractivity (Wildman–Crippen MR) is 168 cm³/mol. The number of ether oxygens (including phenoxy) is 1. The molecule has 6 aromatic rings. The fourth-order valence-corrected chi connectivity index (χ4v) is 8.27. The van der Waals surface area contributed by atoms with Crippen molar-refractivity contribution in [3.8, 4) is 31.6 Å². The Labute approximate surface area is 257 Å². The fraction of sp³-hybridized carbons (Fsp3) is 0.200. The summed E-state index contributed by atoms with van der Waals surface area (Å²) in [5.41, 5.74) is 2.63. The van der Waals surface area contributed by atoms with Gasteiger partial charge in [-0.15, -0.1) is 38.0 Å². The third kappa shape index (κ3) is 5.09. The average molecular weight is 629 g/mol. The Balaban J connectivity index is 1.07. The van der Waals surface area contributed by atoms with Crippen LogP contribution in [-0.4, -0.2) is 42.4 Å². The molecule has 1 fully saturated rings. The number of carboxylic acid groups (broad SMARTS) is 1. The number of nitrogens with zero attached hydrogens (tertiary/aromatic N) is 5. The molecule has 1 unspecified atom stereocenters. The first-order valence-corrected chi connectivity index (χ1v) is 15.9. The molecule has 0 spiro atoms. The number of anilines is 1.